The maximum atomic E-state index is 13.8. The number of aromatic amines is 1. The highest BCUT2D eigenvalue weighted by atomic mass is 32.2. The Morgan fingerprint density at radius 1 is 1.16 bits per heavy atom. The lowest BCUT2D eigenvalue weighted by Gasteiger charge is -2.34. The number of nitrogens with zero attached hydrogens (tertiary/aromatic N) is 5. The van der Waals surface area contributed by atoms with Crippen LogP contribution in [0.3, 0.4) is 0 Å². The van der Waals surface area contributed by atoms with E-state index in [0.29, 0.717) is 54.7 Å². The molecule has 18 heteroatoms. The summed E-state index contributed by atoms with van der Waals surface area (Å²) >= 11 is 0. The van der Waals surface area contributed by atoms with Gasteiger partial charge in [-0.2, -0.15) is 4.31 Å². The van der Waals surface area contributed by atoms with E-state index < -0.39 is 44.4 Å². The molecule has 17 nitrogen and oxygen atoms in total. The van der Waals surface area contributed by atoms with Crippen LogP contribution in [0.5, 0.6) is 5.75 Å². The van der Waals surface area contributed by atoms with Crippen LogP contribution in [0.2, 0.25) is 0 Å². The zero-order chi connectivity index (χ0) is 32.9. The topological polar surface area (TPSA) is 219 Å². The first-order chi connectivity index (χ1) is 21.4. The van der Waals surface area contributed by atoms with Crippen LogP contribution in [-0.2, 0) is 33.2 Å². The fourth-order valence-electron chi connectivity index (χ4n) is 5.53. The largest absolute Gasteiger partial charge is 0.493 e. The third-order valence-corrected chi connectivity index (χ3v) is 9.59. The van der Waals surface area contributed by atoms with Gasteiger partial charge >= 0.3 is 0 Å². The van der Waals surface area contributed by atoms with Gasteiger partial charge in [-0.15, -0.1) is 20.2 Å². The summed E-state index contributed by atoms with van der Waals surface area (Å²) in [6, 6.07) is 4.23. The summed E-state index contributed by atoms with van der Waals surface area (Å²) in [5.74, 6) is -0.200. The van der Waals surface area contributed by atoms with Crippen molar-refractivity contribution in [1.29, 1.82) is 0 Å². The quantitative estimate of drug-likeness (QED) is 0.143. The Bertz CT molecular complexity index is 1750. The molecule has 45 heavy (non-hydrogen) atoms. The number of ether oxygens (including phenoxy) is 1. The minimum Gasteiger partial charge on any atom is -0.493 e. The van der Waals surface area contributed by atoms with Crippen molar-refractivity contribution >= 4 is 27.3 Å². The van der Waals surface area contributed by atoms with Crippen molar-refractivity contribution in [3.63, 3.8) is 0 Å². The Hall–Kier alpha value is -4.58. The molecule has 1 fully saturated rings. The second kappa shape index (κ2) is 14.0. The number of piperidine rings is 1. The van der Waals surface area contributed by atoms with Crippen molar-refractivity contribution in [1.82, 2.24) is 18.8 Å². The molecule has 1 atom stereocenters. The van der Waals surface area contributed by atoms with E-state index in [-0.39, 0.29) is 47.7 Å². The Labute approximate surface area is 257 Å². The molecule has 0 spiro atoms. The van der Waals surface area contributed by atoms with Gasteiger partial charge in [-0.1, -0.05) is 20.3 Å². The molecule has 4 rings (SSSR count). The van der Waals surface area contributed by atoms with Crippen molar-refractivity contribution in [3.8, 4) is 17.1 Å². The Morgan fingerprint density at radius 2 is 1.87 bits per heavy atom. The second-order valence-corrected chi connectivity index (χ2v) is 12.5. The molecule has 3 heterocycles. The summed E-state index contributed by atoms with van der Waals surface area (Å²) in [4.78, 5) is 62.9. The van der Waals surface area contributed by atoms with Crippen LogP contribution in [0, 0.1) is 26.1 Å². The number of benzene rings is 1. The molecule has 0 aliphatic carbocycles. The molecule has 1 N–H and O–H groups in total. The number of aromatic nitrogens is 3. The van der Waals surface area contributed by atoms with E-state index in [1.165, 1.54) is 27.1 Å². The number of fused-ring (bicyclic) bond motifs is 1. The van der Waals surface area contributed by atoms with Crippen LogP contribution in [0.1, 0.15) is 55.6 Å². The first kappa shape index (κ1) is 33.3. The Kier molecular flexibility index (Phi) is 10.4. The lowest BCUT2D eigenvalue weighted by atomic mass is 9.92. The number of H-pyrrole nitrogens is 1. The zero-order valence-corrected chi connectivity index (χ0v) is 25.8. The average molecular weight is 651 g/mol. The van der Waals surface area contributed by atoms with Gasteiger partial charge in [0.2, 0.25) is 10.0 Å². The van der Waals surface area contributed by atoms with Gasteiger partial charge in [-0.3, -0.25) is 9.59 Å². The molecule has 2 aromatic heterocycles. The molecular weight excluding hydrogens is 616 g/mol. The summed E-state index contributed by atoms with van der Waals surface area (Å²) in [6.45, 7) is 3.42. The SMILES string of the molecule is CCCOc1ccc(S(=O)(=O)N2CCC(C(CO[N+](=O)[O-])O[N+](=O)[O-])CC2)cc1-c1nc2c(CCC)c(C=O)n(C)c2c(=O)[nH]1. The minimum absolute atomic E-state index is 0.0354. The van der Waals surface area contributed by atoms with E-state index in [4.69, 9.17) is 4.74 Å². The first-order valence-corrected chi connectivity index (χ1v) is 15.8. The molecule has 0 radical (unpaired) electrons. The summed E-state index contributed by atoms with van der Waals surface area (Å²) in [5.41, 5.74) is 1.23. The van der Waals surface area contributed by atoms with Crippen molar-refractivity contribution in [2.24, 2.45) is 13.0 Å². The Balaban J connectivity index is 1.70. The normalized spacial score (nSPS) is 15.1. The van der Waals surface area contributed by atoms with Gasteiger partial charge in [0.1, 0.15) is 35.3 Å². The highest BCUT2D eigenvalue weighted by Crippen LogP contribution is 2.34. The van der Waals surface area contributed by atoms with E-state index in [9.17, 15) is 38.2 Å². The second-order valence-electron chi connectivity index (χ2n) is 10.5. The van der Waals surface area contributed by atoms with Gasteiger partial charge in [0.25, 0.3) is 15.7 Å². The number of nitrogens with one attached hydrogen (secondary N) is 1. The molecule has 1 saturated heterocycles. The fraction of sp³-hybridized carbons (Fsp3) is 0.519. The summed E-state index contributed by atoms with van der Waals surface area (Å²) < 4.78 is 36.1. The highest BCUT2D eigenvalue weighted by molar-refractivity contribution is 7.89. The van der Waals surface area contributed by atoms with Crippen LogP contribution in [-0.4, -0.2) is 76.1 Å². The number of aldehydes is 1. The summed E-state index contributed by atoms with van der Waals surface area (Å²) in [7, 11) is -2.50. The number of carbonyl (C=O) groups excluding carboxylic acids is 1. The van der Waals surface area contributed by atoms with Gasteiger partial charge in [-0.25, -0.2) is 13.4 Å². The summed E-state index contributed by atoms with van der Waals surface area (Å²) in [6.07, 6.45) is 1.54. The number of carbonyl (C=O) groups is 1. The van der Waals surface area contributed by atoms with Gasteiger partial charge in [-0.05, 0) is 49.8 Å². The van der Waals surface area contributed by atoms with E-state index >= 15 is 0 Å². The van der Waals surface area contributed by atoms with E-state index in [2.05, 4.69) is 19.6 Å². The minimum atomic E-state index is -4.11. The predicted molar refractivity (Wildman–Crippen MR) is 158 cm³/mol. The fourth-order valence-corrected chi connectivity index (χ4v) is 7.03. The maximum Gasteiger partial charge on any atom is 0.294 e. The lowest BCUT2D eigenvalue weighted by Crippen LogP contribution is -2.43. The van der Waals surface area contributed by atoms with Crippen molar-refractivity contribution in [2.45, 2.75) is 57.0 Å². The third-order valence-electron chi connectivity index (χ3n) is 7.69. The smallest absolute Gasteiger partial charge is 0.294 e. The van der Waals surface area contributed by atoms with Crippen molar-refractivity contribution in [3.05, 3.63) is 60.0 Å². The molecule has 1 aliphatic rings. The molecular formula is C27H34N6O11S. The standard InChI is InChI=1S/C27H34N6O11S/c1-4-6-19-21(15-34)30(3)25-24(19)28-26(29-27(25)35)20-14-18(7-8-22(20)42-13-5-2)45(40,41)31-11-9-17(10-12-31)23(44-33(38)39)16-43-32(36)37/h7-8,14-15,17,23H,4-6,9-13,16H2,1-3H3,(H,28,29,35). The molecule has 0 amide bonds. The molecule has 3 aromatic rings. The van der Waals surface area contributed by atoms with Crippen LogP contribution in [0.15, 0.2) is 27.9 Å². The van der Waals surface area contributed by atoms with E-state index in [1.54, 1.807) is 7.05 Å². The zero-order valence-electron chi connectivity index (χ0n) is 25.0. The van der Waals surface area contributed by atoms with Crippen LogP contribution in [0.25, 0.3) is 22.4 Å². The van der Waals surface area contributed by atoms with Gasteiger partial charge in [0.15, 0.2) is 6.29 Å². The monoisotopic (exact) mass is 650 g/mol. The lowest BCUT2D eigenvalue weighted by molar-refractivity contribution is -0.791. The number of hydrogen-bond donors (Lipinski definition) is 1. The Morgan fingerprint density at radius 3 is 2.47 bits per heavy atom. The van der Waals surface area contributed by atoms with Crippen molar-refractivity contribution in [2.75, 3.05) is 26.3 Å². The van der Waals surface area contributed by atoms with Crippen LogP contribution < -0.4 is 10.3 Å². The molecule has 1 aliphatic heterocycles. The van der Waals surface area contributed by atoms with Crippen LogP contribution >= 0.6 is 0 Å². The number of rotatable bonds is 15. The van der Waals surface area contributed by atoms with E-state index in [0.717, 1.165) is 0 Å². The molecule has 0 bridgehead atoms. The highest BCUT2D eigenvalue weighted by Gasteiger charge is 2.35. The number of aryl methyl sites for hydroxylation is 2. The predicted octanol–water partition coefficient (Wildman–Crippen LogP) is 2.67. The molecule has 0 saturated carbocycles. The first-order valence-electron chi connectivity index (χ1n) is 14.3. The number of sulfonamides is 1. The van der Waals surface area contributed by atoms with E-state index in [1.807, 2.05) is 13.8 Å². The van der Waals surface area contributed by atoms with Crippen molar-refractivity contribution < 1.29 is 37.8 Å². The number of hydrogen-bond acceptors (Lipinski definition) is 12. The average Bonchev–Trinajstić information content (AvgIpc) is 3.28. The van der Waals surface area contributed by atoms with Crippen LogP contribution in [0.4, 0.5) is 0 Å². The van der Waals surface area contributed by atoms with Gasteiger partial charge < -0.3 is 24.0 Å². The van der Waals surface area contributed by atoms with Gasteiger partial charge in [0, 0.05) is 25.7 Å². The molecule has 244 valence electrons. The maximum absolute atomic E-state index is 13.8. The van der Waals surface area contributed by atoms with Gasteiger partial charge in [0.05, 0.1) is 22.8 Å². The molecule has 1 aromatic carbocycles. The summed E-state index contributed by atoms with van der Waals surface area (Å²) in [5, 5.41) is 19.4. The third kappa shape index (κ3) is 7.06. The molecule has 1 unspecified atom stereocenters.